The monoisotopic (exact) mass is 282 g/mol. The van der Waals surface area contributed by atoms with Gasteiger partial charge in [0.15, 0.2) is 0 Å². The van der Waals surface area contributed by atoms with E-state index < -0.39 is 12.6 Å². The molecule has 19 heavy (non-hydrogen) atoms. The number of hydrogen-bond donors (Lipinski definition) is 2. The molecule has 0 aromatic rings. The summed E-state index contributed by atoms with van der Waals surface area (Å²) in [6, 6.07) is -0.00946. The van der Waals surface area contributed by atoms with E-state index in [-0.39, 0.29) is 23.9 Å². The van der Waals surface area contributed by atoms with E-state index in [4.69, 9.17) is 0 Å². The minimum absolute atomic E-state index is 0.00946. The topological polar surface area (TPSA) is 41.1 Å². The van der Waals surface area contributed by atoms with Crippen molar-refractivity contribution in [1.82, 2.24) is 10.6 Å². The largest absolute Gasteiger partial charge is 0.389 e. The number of alkyl halides is 3. The summed E-state index contributed by atoms with van der Waals surface area (Å²) in [5.74, 6) is -0.0532. The lowest BCUT2D eigenvalue weighted by molar-refractivity contribution is -0.135. The molecule has 0 heterocycles. The molecule has 0 aromatic carbocycles. The van der Waals surface area contributed by atoms with E-state index in [0.29, 0.717) is 19.4 Å². The number of amides is 1. The summed E-state index contributed by atoms with van der Waals surface area (Å²) in [6.45, 7) is 8.02. The van der Waals surface area contributed by atoms with Crippen molar-refractivity contribution in [1.29, 1.82) is 0 Å². The van der Waals surface area contributed by atoms with E-state index >= 15 is 0 Å². The molecule has 6 heteroatoms. The van der Waals surface area contributed by atoms with Gasteiger partial charge in [0.2, 0.25) is 5.91 Å². The summed E-state index contributed by atoms with van der Waals surface area (Å²) in [6.07, 6.45) is -3.91. The molecule has 1 atom stereocenters. The average molecular weight is 282 g/mol. The van der Waals surface area contributed by atoms with Gasteiger partial charge in [-0.15, -0.1) is 0 Å². The van der Waals surface area contributed by atoms with Crippen molar-refractivity contribution in [3.8, 4) is 0 Å². The quantitative estimate of drug-likeness (QED) is 0.753. The van der Waals surface area contributed by atoms with Gasteiger partial charge in [-0.3, -0.25) is 4.79 Å². The summed E-state index contributed by atoms with van der Waals surface area (Å²) in [4.78, 5) is 11.5. The van der Waals surface area contributed by atoms with Gasteiger partial charge in [-0.05, 0) is 40.5 Å². The molecule has 114 valence electrons. The van der Waals surface area contributed by atoms with Crippen LogP contribution in [0, 0.1) is 0 Å². The van der Waals surface area contributed by atoms with E-state index in [2.05, 4.69) is 10.6 Å². The summed E-state index contributed by atoms with van der Waals surface area (Å²) in [7, 11) is 0. The van der Waals surface area contributed by atoms with E-state index in [1.165, 1.54) is 0 Å². The summed E-state index contributed by atoms with van der Waals surface area (Å²) in [5.41, 5.74) is -0.255. The van der Waals surface area contributed by atoms with Crippen LogP contribution in [0.3, 0.4) is 0 Å². The first-order valence-electron chi connectivity index (χ1n) is 6.61. The lowest BCUT2D eigenvalue weighted by Gasteiger charge is -2.21. The van der Waals surface area contributed by atoms with Crippen LogP contribution in [-0.2, 0) is 4.79 Å². The summed E-state index contributed by atoms with van der Waals surface area (Å²) >= 11 is 0. The van der Waals surface area contributed by atoms with Crippen molar-refractivity contribution in [2.75, 3.05) is 6.54 Å². The number of rotatable bonds is 7. The van der Waals surface area contributed by atoms with Crippen molar-refractivity contribution in [2.24, 2.45) is 0 Å². The van der Waals surface area contributed by atoms with Gasteiger partial charge in [0.25, 0.3) is 0 Å². The number of halogens is 3. The van der Waals surface area contributed by atoms with Crippen LogP contribution < -0.4 is 10.6 Å². The van der Waals surface area contributed by atoms with Crippen molar-refractivity contribution in [3.05, 3.63) is 0 Å². The molecule has 0 rings (SSSR count). The lowest BCUT2D eigenvalue weighted by Crippen LogP contribution is -2.42. The third-order valence-electron chi connectivity index (χ3n) is 2.46. The predicted octanol–water partition coefficient (Wildman–Crippen LogP) is 3.00. The highest BCUT2D eigenvalue weighted by Crippen LogP contribution is 2.22. The number of nitrogens with one attached hydrogen (secondary N) is 2. The molecule has 0 aromatic heterocycles. The summed E-state index contributed by atoms with van der Waals surface area (Å²) in [5, 5.41) is 5.89. The van der Waals surface area contributed by atoms with Gasteiger partial charge >= 0.3 is 6.18 Å². The maximum atomic E-state index is 11.9. The Morgan fingerprint density at radius 2 is 1.79 bits per heavy atom. The second-order valence-corrected chi connectivity index (χ2v) is 5.91. The first-order chi connectivity index (χ1) is 8.49. The average Bonchev–Trinajstić information content (AvgIpc) is 2.12. The van der Waals surface area contributed by atoms with Crippen LogP contribution in [-0.4, -0.2) is 30.2 Å². The van der Waals surface area contributed by atoms with Crippen molar-refractivity contribution in [2.45, 2.75) is 71.1 Å². The maximum absolute atomic E-state index is 11.9. The Labute approximate surface area is 113 Å². The molecule has 0 bridgehead atoms. The molecule has 1 amide bonds. The maximum Gasteiger partial charge on any atom is 0.389 e. The molecule has 0 radical (unpaired) electrons. The molecule has 0 aliphatic rings. The number of carbonyl (C=O) groups excluding carboxylic acids is 1. The van der Waals surface area contributed by atoms with Crippen LogP contribution in [0.5, 0.6) is 0 Å². The molecule has 0 fully saturated rings. The van der Waals surface area contributed by atoms with Gasteiger partial charge in [0.05, 0.1) is 0 Å². The number of carbonyl (C=O) groups is 1. The number of hydrogen-bond acceptors (Lipinski definition) is 2. The van der Waals surface area contributed by atoms with E-state index in [0.717, 1.165) is 0 Å². The van der Waals surface area contributed by atoms with Crippen molar-refractivity contribution in [3.63, 3.8) is 0 Å². The molecule has 0 aliphatic heterocycles. The molecule has 0 aliphatic carbocycles. The van der Waals surface area contributed by atoms with Gasteiger partial charge < -0.3 is 10.6 Å². The smallest absolute Gasteiger partial charge is 0.351 e. The van der Waals surface area contributed by atoms with Crippen LogP contribution in [0.15, 0.2) is 0 Å². The molecule has 3 nitrogen and oxygen atoms in total. The Morgan fingerprint density at radius 3 is 2.26 bits per heavy atom. The first-order valence-corrected chi connectivity index (χ1v) is 6.61. The first kappa shape index (κ1) is 18.2. The highest BCUT2D eigenvalue weighted by molar-refractivity contribution is 5.76. The predicted molar refractivity (Wildman–Crippen MR) is 69.9 cm³/mol. The van der Waals surface area contributed by atoms with Gasteiger partial charge in [-0.1, -0.05) is 0 Å². The second kappa shape index (κ2) is 7.72. The zero-order valence-corrected chi connectivity index (χ0v) is 12.2. The third-order valence-corrected chi connectivity index (χ3v) is 2.46. The molecule has 1 unspecified atom stereocenters. The van der Waals surface area contributed by atoms with Crippen LogP contribution in [0.4, 0.5) is 13.2 Å². The highest BCUT2D eigenvalue weighted by Gasteiger charge is 2.26. The van der Waals surface area contributed by atoms with Crippen molar-refractivity contribution >= 4 is 5.91 Å². The zero-order valence-electron chi connectivity index (χ0n) is 12.2. The third kappa shape index (κ3) is 13.5. The molecule has 0 saturated heterocycles. The van der Waals surface area contributed by atoms with Gasteiger partial charge in [0, 0.05) is 31.0 Å². The Kier molecular flexibility index (Phi) is 7.41. The van der Waals surface area contributed by atoms with E-state index in [9.17, 15) is 18.0 Å². The SMILES string of the molecule is CC(CCCC(F)(F)F)NCCC(=O)NC(C)(C)C. The van der Waals surface area contributed by atoms with Crippen molar-refractivity contribution < 1.29 is 18.0 Å². The Morgan fingerprint density at radius 1 is 1.21 bits per heavy atom. The van der Waals surface area contributed by atoms with E-state index in [1.807, 2.05) is 27.7 Å². The Hall–Kier alpha value is -0.780. The van der Waals surface area contributed by atoms with E-state index in [1.54, 1.807) is 0 Å². The highest BCUT2D eigenvalue weighted by atomic mass is 19.4. The van der Waals surface area contributed by atoms with Crippen LogP contribution in [0.25, 0.3) is 0 Å². The molecule has 0 saturated carbocycles. The minimum atomic E-state index is -4.08. The lowest BCUT2D eigenvalue weighted by atomic mass is 10.1. The summed E-state index contributed by atoms with van der Waals surface area (Å²) < 4.78 is 35.8. The fourth-order valence-electron chi connectivity index (χ4n) is 1.62. The minimum Gasteiger partial charge on any atom is -0.351 e. The fourth-order valence-corrected chi connectivity index (χ4v) is 1.62. The fraction of sp³-hybridized carbons (Fsp3) is 0.923. The van der Waals surface area contributed by atoms with Gasteiger partial charge in [-0.2, -0.15) is 13.2 Å². The molecule has 2 N–H and O–H groups in total. The second-order valence-electron chi connectivity index (χ2n) is 5.91. The zero-order chi connectivity index (χ0) is 15.1. The standard InChI is InChI=1S/C13H25F3N2O/c1-10(6-5-8-13(14,15)16)17-9-7-11(19)18-12(2,3)4/h10,17H,5-9H2,1-4H3,(H,18,19). The van der Waals surface area contributed by atoms with Crippen LogP contribution in [0.2, 0.25) is 0 Å². The normalized spacial score (nSPS) is 14.3. The Bertz CT molecular complexity index is 272. The molecular weight excluding hydrogens is 257 g/mol. The van der Waals surface area contributed by atoms with Gasteiger partial charge in [0.1, 0.15) is 0 Å². The molecular formula is C13H25F3N2O. The van der Waals surface area contributed by atoms with Gasteiger partial charge in [-0.25, -0.2) is 0 Å². The van der Waals surface area contributed by atoms with Crippen LogP contribution in [0.1, 0.15) is 53.4 Å². The van der Waals surface area contributed by atoms with Crippen LogP contribution >= 0.6 is 0 Å². The Balaban J connectivity index is 3.64. The molecule has 0 spiro atoms.